The molecule has 0 aromatic carbocycles. The predicted molar refractivity (Wildman–Crippen MR) is 80.6 cm³/mol. The van der Waals surface area contributed by atoms with E-state index in [9.17, 15) is 4.79 Å². The molecule has 1 aliphatic rings. The zero-order valence-electron chi connectivity index (χ0n) is 12.6. The van der Waals surface area contributed by atoms with Crippen LogP contribution in [-0.4, -0.2) is 10.6 Å². The van der Waals surface area contributed by atoms with E-state index in [1.54, 1.807) is 10.6 Å². The Morgan fingerprint density at radius 3 is 2.74 bits per heavy atom. The quantitative estimate of drug-likeness (QED) is 0.904. The predicted octanol–water partition coefficient (Wildman–Crippen LogP) is 3.49. The number of aromatic nitrogens is 1. The van der Waals surface area contributed by atoms with E-state index < -0.39 is 0 Å². The van der Waals surface area contributed by atoms with Crippen molar-refractivity contribution in [1.82, 2.24) is 4.57 Å². The lowest BCUT2D eigenvalue weighted by Crippen LogP contribution is -2.35. The highest BCUT2D eigenvalue weighted by Gasteiger charge is 2.31. The normalized spacial score (nSPS) is 26.1. The van der Waals surface area contributed by atoms with Crippen LogP contribution in [0, 0.1) is 11.3 Å². The van der Waals surface area contributed by atoms with Crippen molar-refractivity contribution in [1.29, 1.82) is 0 Å². The topological polar surface area (TPSA) is 34.0 Å². The van der Waals surface area contributed by atoms with E-state index in [1.165, 1.54) is 19.3 Å². The highest BCUT2D eigenvalue weighted by atomic mass is 16.1. The summed E-state index contributed by atoms with van der Waals surface area (Å²) in [7, 11) is 0. The van der Waals surface area contributed by atoms with Gasteiger partial charge in [-0.3, -0.25) is 4.79 Å². The Kier molecular flexibility index (Phi) is 4.02. The van der Waals surface area contributed by atoms with Crippen LogP contribution in [0.25, 0.3) is 0 Å². The fraction of sp³-hybridized carbons (Fsp3) is 0.688. The molecule has 1 N–H and O–H groups in total. The molecule has 1 heterocycles. The van der Waals surface area contributed by atoms with Gasteiger partial charge in [-0.05, 0) is 43.6 Å². The molecule has 2 rings (SSSR count). The highest BCUT2D eigenvalue weighted by molar-refractivity contribution is 5.41. The van der Waals surface area contributed by atoms with E-state index in [4.69, 9.17) is 0 Å². The van der Waals surface area contributed by atoms with Crippen molar-refractivity contribution >= 4 is 5.69 Å². The smallest absolute Gasteiger partial charge is 0.250 e. The van der Waals surface area contributed by atoms with Crippen LogP contribution >= 0.6 is 0 Å². The molecule has 0 bridgehead atoms. The Balaban J connectivity index is 2.10. The Bertz CT molecular complexity index is 490. The third-order valence-corrected chi connectivity index (χ3v) is 4.08. The molecular formula is C16H26N2O. The fourth-order valence-electron chi connectivity index (χ4n) is 3.56. The molecule has 0 spiro atoms. The summed E-state index contributed by atoms with van der Waals surface area (Å²) in [5.41, 5.74) is 1.55. The Labute approximate surface area is 116 Å². The van der Waals surface area contributed by atoms with Crippen LogP contribution in [-0.2, 0) is 6.54 Å². The zero-order valence-corrected chi connectivity index (χ0v) is 12.6. The molecule has 3 nitrogen and oxygen atoms in total. The largest absolute Gasteiger partial charge is 0.381 e. The first kappa shape index (κ1) is 14.2. The van der Waals surface area contributed by atoms with Crippen molar-refractivity contribution in [2.75, 3.05) is 5.32 Å². The molecule has 0 aliphatic heterocycles. The monoisotopic (exact) mass is 262 g/mol. The Hall–Kier alpha value is -1.25. The summed E-state index contributed by atoms with van der Waals surface area (Å²) < 4.78 is 1.75. The SMILES string of the molecule is CCn1cc(NC2CC(C)CC(C)(C)C2)ccc1=O. The number of anilines is 1. The summed E-state index contributed by atoms with van der Waals surface area (Å²) in [5.74, 6) is 0.762. The minimum Gasteiger partial charge on any atom is -0.381 e. The number of rotatable bonds is 3. The summed E-state index contributed by atoms with van der Waals surface area (Å²) in [4.78, 5) is 11.6. The van der Waals surface area contributed by atoms with Crippen LogP contribution in [0.3, 0.4) is 0 Å². The molecule has 3 heteroatoms. The van der Waals surface area contributed by atoms with Crippen LogP contribution in [0.4, 0.5) is 5.69 Å². The zero-order chi connectivity index (χ0) is 14.0. The van der Waals surface area contributed by atoms with Crippen molar-refractivity contribution < 1.29 is 0 Å². The molecule has 1 fully saturated rings. The Morgan fingerprint density at radius 1 is 1.37 bits per heavy atom. The van der Waals surface area contributed by atoms with Crippen LogP contribution < -0.4 is 10.9 Å². The lowest BCUT2D eigenvalue weighted by Gasteiger charge is -2.39. The summed E-state index contributed by atoms with van der Waals surface area (Å²) in [6.07, 6.45) is 5.66. The van der Waals surface area contributed by atoms with Gasteiger partial charge in [-0.1, -0.05) is 20.8 Å². The Morgan fingerprint density at radius 2 is 2.11 bits per heavy atom. The molecule has 1 saturated carbocycles. The second-order valence-corrected chi connectivity index (χ2v) is 6.80. The lowest BCUT2D eigenvalue weighted by atomic mass is 9.70. The average Bonchev–Trinajstić information content (AvgIpc) is 2.29. The van der Waals surface area contributed by atoms with Crippen molar-refractivity contribution in [3.05, 3.63) is 28.7 Å². The van der Waals surface area contributed by atoms with E-state index >= 15 is 0 Å². The summed E-state index contributed by atoms with van der Waals surface area (Å²) in [6.45, 7) is 9.76. The van der Waals surface area contributed by atoms with Gasteiger partial charge in [0.25, 0.3) is 5.56 Å². The van der Waals surface area contributed by atoms with Gasteiger partial charge < -0.3 is 9.88 Å². The van der Waals surface area contributed by atoms with E-state index in [0.717, 1.165) is 18.2 Å². The van der Waals surface area contributed by atoms with Gasteiger partial charge in [0, 0.05) is 24.8 Å². The molecule has 1 aromatic rings. The minimum absolute atomic E-state index is 0.0744. The van der Waals surface area contributed by atoms with E-state index in [0.29, 0.717) is 11.5 Å². The van der Waals surface area contributed by atoms with Gasteiger partial charge in [-0.15, -0.1) is 0 Å². The van der Waals surface area contributed by atoms with E-state index in [1.807, 2.05) is 19.2 Å². The molecule has 106 valence electrons. The standard InChI is InChI=1S/C16H26N2O/c1-5-18-11-13(6-7-15(18)19)17-14-8-12(2)9-16(3,4)10-14/h6-7,11-12,14,17H,5,8-10H2,1-4H3. The van der Waals surface area contributed by atoms with Crippen molar-refractivity contribution in [2.24, 2.45) is 11.3 Å². The van der Waals surface area contributed by atoms with Gasteiger partial charge in [0.05, 0.1) is 5.69 Å². The first-order valence-corrected chi connectivity index (χ1v) is 7.36. The second-order valence-electron chi connectivity index (χ2n) is 6.80. The maximum absolute atomic E-state index is 11.6. The number of pyridine rings is 1. The van der Waals surface area contributed by atoms with Crippen LogP contribution in [0.2, 0.25) is 0 Å². The summed E-state index contributed by atoms with van der Waals surface area (Å²) in [6, 6.07) is 4.07. The number of aryl methyl sites for hydroxylation is 1. The van der Waals surface area contributed by atoms with Gasteiger partial charge in [-0.2, -0.15) is 0 Å². The second kappa shape index (κ2) is 5.40. The molecule has 0 amide bonds. The van der Waals surface area contributed by atoms with E-state index in [-0.39, 0.29) is 5.56 Å². The number of hydrogen-bond acceptors (Lipinski definition) is 2. The molecular weight excluding hydrogens is 236 g/mol. The number of hydrogen-bond donors (Lipinski definition) is 1. The van der Waals surface area contributed by atoms with Gasteiger partial charge in [0.2, 0.25) is 0 Å². The molecule has 2 unspecified atom stereocenters. The maximum atomic E-state index is 11.6. The molecule has 2 atom stereocenters. The fourth-order valence-corrected chi connectivity index (χ4v) is 3.56. The van der Waals surface area contributed by atoms with Crippen molar-refractivity contribution in [3.8, 4) is 0 Å². The van der Waals surface area contributed by atoms with Crippen LogP contribution in [0.5, 0.6) is 0 Å². The minimum atomic E-state index is 0.0744. The van der Waals surface area contributed by atoms with E-state index in [2.05, 4.69) is 26.1 Å². The first-order valence-electron chi connectivity index (χ1n) is 7.36. The highest BCUT2D eigenvalue weighted by Crippen LogP contribution is 2.39. The summed E-state index contributed by atoms with van der Waals surface area (Å²) in [5, 5.41) is 3.61. The molecule has 1 aliphatic carbocycles. The lowest BCUT2D eigenvalue weighted by molar-refractivity contribution is 0.178. The number of nitrogens with zero attached hydrogens (tertiary/aromatic N) is 1. The summed E-state index contributed by atoms with van der Waals surface area (Å²) >= 11 is 0. The molecule has 1 aromatic heterocycles. The maximum Gasteiger partial charge on any atom is 0.250 e. The third kappa shape index (κ3) is 3.62. The van der Waals surface area contributed by atoms with Crippen LogP contribution in [0.1, 0.15) is 47.0 Å². The third-order valence-electron chi connectivity index (χ3n) is 4.08. The number of nitrogens with one attached hydrogen (secondary N) is 1. The van der Waals surface area contributed by atoms with Gasteiger partial charge >= 0.3 is 0 Å². The van der Waals surface area contributed by atoms with Gasteiger partial charge in [0.15, 0.2) is 0 Å². The molecule has 0 saturated heterocycles. The molecule has 19 heavy (non-hydrogen) atoms. The first-order chi connectivity index (χ1) is 8.89. The van der Waals surface area contributed by atoms with Gasteiger partial charge in [-0.25, -0.2) is 0 Å². The average molecular weight is 262 g/mol. The van der Waals surface area contributed by atoms with Gasteiger partial charge in [0.1, 0.15) is 0 Å². The van der Waals surface area contributed by atoms with Crippen LogP contribution in [0.15, 0.2) is 23.1 Å². The molecule has 0 radical (unpaired) electrons. The van der Waals surface area contributed by atoms with Crippen molar-refractivity contribution in [2.45, 2.75) is 59.5 Å². The van der Waals surface area contributed by atoms with Crippen molar-refractivity contribution in [3.63, 3.8) is 0 Å².